The van der Waals surface area contributed by atoms with Gasteiger partial charge in [-0.2, -0.15) is 0 Å². The van der Waals surface area contributed by atoms with Gasteiger partial charge in [0.1, 0.15) is 0 Å². The van der Waals surface area contributed by atoms with Gasteiger partial charge in [0.15, 0.2) is 17.3 Å². The summed E-state index contributed by atoms with van der Waals surface area (Å²) >= 11 is 0. The number of hydrogen-bond acceptors (Lipinski definition) is 10. The van der Waals surface area contributed by atoms with E-state index >= 15 is 0 Å². The highest BCUT2D eigenvalue weighted by Crippen LogP contribution is 2.55. The smallest absolute Gasteiger partial charge is 0.338 e. The van der Waals surface area contributed by atoms with Crippen LogP contribution in [-0.4, -0.2) is 50.6 Å². The topological polar surface area (TPSA) is 126 Å². The lowest BCUT2D eigenvalue weighted by atomic mass is 9.64. The van der Waals surface area contributed by atoms with E-state index in [9.17, 15) is 19.2 Å². The standard InChI is InChI=1S/C29H25NO9/c1-3-36-28(33)14-4-6-16(7-5-14)30-26-18-11-22-21(38-13-39-22)10-17(18)24(25-19(26)12-37-29(25)34)15-8-20(31)27(32)23(9-15)35-2/h4-11,19,24-26,30H,3,12-13H2,1-2H3/t19?,24?,25-,26+/m0/s1. The zero-order valence-electron chi connectivity index (χ0n) is 21.2. The third-order valence-electron chi connectivity index (χ3n) is 7.53. The number of rotatable bonds is 6. The van der Waals surface area contributed by atoms with E-state index < -0.39 is 35.3 Å². The second kappa shape index (κ2) is 9.61. The molecule has 0 amide bonds. The highest BCUT2D eigenvalue weighted by atomic mass is 16.7. The number of ether oxygens (including phenoxy) is 5. The van der Waals surface area contributed by atoms with Crippen molar-refractivity contribution in [1.29, 1.82) is 0 Å². The summed E-state index contributed by atoms with van der Waals surface area (Å²) in [6.45, 7) is 2.25. The first-order valence-corrected chi connectivity index (χ1v) is 12.6. The lowest BCUT2D eigenvalue weighted by Crippen LogP contribution is -2.38. The minimum atomic E-state index is -0.737. The zero-order chi connectivity index (χ0) is 27.3. The minimum absolute atomic E-state index is 0.0641. The highest BCUT2D eigenvalue weighted by Gasteiger charge is 2.53. The molecule has 2 aliphatic heterocycles. The van der Waals surface area contributed by atoms with Crippen molar-refractivity contribution in [3.05, 3.63) is 76.6 Å². The fourth-order valence-corrected chi connectivity index (χ4v) is 5.77. The summed E-state index contributed by atoms with van der Waals surface area (Å²) in [6.07, 6.45) is 2.79. The summed E-state index contributed by atoms with van der Waals surface area (Å²) in [5.74, 6) is -2.77. The number of carbonyl (C=O) groups excluding carboxylic acids is 4. The lowest BCUT2D eigenvalue weighted by molar-refractivity contribution is -0.141. The highest BCUT2D eigenvalue weighted by molar-refractivity contribution is 6.47. The molecule has 0 saturated carbocycles. The van der Waals surface area contributed by atoms with Crippen molar-refractivity contribution in [3.8, 4) is 11.5 Å². The molecule has 39 heavy (non-hydrogen) atoms. The van der Waals surface area contributed by atoms with Crippen molar-refractivity contribution in [3.63, 3.8) is 0 Å². The molecule has 10 nitrogen and oxygen atoms in total. The molecule has 2 heterocycles. The fraction of sp³-hybridized carbons (Fsp3) is 0.310. The number of Topliss-reactive ketones (excluding diaryl/α,β-unsaturated/α-hetero) is 1. The molecule has 2 aromatic carbocycles. The van der Waals surface area contributed by atoms with Crippen LogP contribution in [0.3, 0.4) is 0 Å². The van der Waals surface area contributed by atoms with E-state index in [2.05, 4.69) is 5.32 Å². The van der Waals surface area contributed by atoms with Gasteiger partial charge in [-0.1, -0.05) is 0 Å². The molecule has 1 fully saturated rings. The number of benzene rings is 2. The van der Waals surface area contributed by atoms with Crippen molar-refractivity contribution < 1.29 is 42.9 Å². The Morgan fingerprint density at radius 3 is 2.41 bits per heavy atom. The maximum Gasteiger partial charge on any atom is 0.338 e. The molecule has 1 saturated heterocycles. The first-order valence-electron chi connectivity index (χ1n) is 12.6. The predicted octanol–water partition coefficient (Wildman–Crippen LogP) is 3.24. The Hall–Kier alpha value is -4.60. The molecule has 0 aromatic heterocycles. The summed E-state index contributed by atoms with van der Waals surface area (Å²) < 4.78 is 27.1. The summed E-state index contributed by atoms with van der Waals surface area (Å²) in [5.41, 5.74) is 3.24. The molecule has 2 unspecified atom stereocenters. The Bertz CT molecular complexity index is 1460. The van der Waals surface area contributed by atoms with Crippen LogP contribution in [-0.2, 0) is 28.6 Å². The van der Waals surface area contributed by atoms with Crippen molar-refractivity contribution in [2.75, 3.05) is 32.4 Å². The maximum atomic E-state index is 13.2. The maximum absolute atomic E-state index is 13.2. The third kappa shape index (κ3) is 4.12. The molecule has 0 spiro atoms. The summed E-state index contributed by atoms with van der Waals surface area (Å²) in [4.78, 5) is 50.1. The average molecular weight is 532 g/mol. The second-order valence-corrected chi connectivity index (χ2v) is 9.60. The van der Waals surface area contributed by atoms with Crippen LogP contribution in [0.25, 0.3) is 0 Å². The zero-order valence-corrected chi connectivity index (χ0v) is 21.2. The average Bonchev–Trinajstić information content (AvgIpc) is 3.56. The van der Waals surface area contributed by atoms with Crippen LogP contribution in [0.5, 0.6) is 11.5 Å². The lowest BCUT2D eigenvalue weighted by Gasteiger charge is -2.40. The van der Waals surface area contributed by atoms with Gasteiger partial charge in [0, 0.05) is 17.5 Å². The van der Waals surface area contributed by atoms with Crippen LogP contribution in [0.4, 0.5) is 5.69 Å². The largest absolute Gasteiger partial charge is 0.492 e. The van der Waals surface area contributed by atoms with E-state index in [1.165, 1.54) is 19.3 Å². The SMILES string of the molecule is CCOC(=O)c1ccc(N[C@@H]2c3cc4c(cc3C(C3=CC(=O)C(=O)C(OC)=C3)[C@H]3C(=O)OCC32)OCO4)cc1. The molecular formula is C29H25NO9. The minimum Gasteiger partial charge on any atom is -0.492 e. The van der Waals surface area contributed by atoms with E-state index in [0.717, 1.165) is 16.8 Å². The van der Waals surface area contributed by atoms with Crippen LogP contribution < -0.4 is 14.8 Å². The number of nitrogens with one attached hydrogen (secondary N) is 1. The fourth-order valence-electron chi connectivity index (χ4n) is 5.77. The van der Waals surface area contributed by atoms with Gasteiger partial charge in [0.05, 0.1) is 37.8 Å². The van der Waals surface area contributed by atoms with Gasteiger partial charge in [-0.25, -0.2) is 4.79 Å². The number of methoxy groups -OCH3 is 1. The van der Waals surface area contributed by atoms with Crippen LogP contribution in [0.15, 0.2) is 59.9 Å². The van der Waals surface area contributed by atoms with E-state index in [1.54, 1.807) is 31.2 Å². The molecule has 1 N–H and O–H groups in total. The quantitative estimate of drug-likeness (QED) is 0.337. The van der Waals surface area contributed by atoms with Crippen molar-refractivity contribution in [1.82, 2.24) is 0 Å². The normalized spacial score (nSPS) is 24.7. The first-order chi connectivity index (χ1) is 18.9. The molecular weight excluding hydrogens is 506 g/mol. The van der Waals surface area contributed by atoms with Gasteiger partial charge in [-0.05, 0) is 72.2 Å². The number of carbonyl (C=O) groups is 4. The van der Waals surface area contributed by atoms with Crippen LogP contribution >= 0.6 is 0 Å². The molecule has 4 atom stereocenters. The molecule has 0 radical (unpaired) electrons. The van der Waals surface area contributed by atoms with Gasteiger partial charge in [0.2, 0.25) is 12.6 Å². The van der Waals surface area contributed by atoms with Crippen molar-refractivity contribution in [2.24, 2.45) is 11.8 Å². The Labute approximate surface area is 223 Å². The monoisotopic (exact) mass is 531 g/mol. The number of fused-ring (bicyclic) bond motifs is 3. The summed E-state index contributed by atoms with van der Waals surface area (Å²) in [5, 5.41) is 3.52. The number of esters is 2. The Morgan fingerprint density at radius 1 is 1.00 bits per heavy atom. The second-order valence-electron chi connectivity index (χ2n) is 9.60. The van der Waals surface area contributed by atoms with Crippen molar-refractivity contribution >= 4 is 29.2 Å². The number of allylic oxidation sites excluding steroid dienone is 4. The molecule has 0 bridgehead atoms. The number of ketones is 2. The first kappa shape index (κ1) is 24.7. The third-order valence-corrected chi connectivity index (χ3v) is 7.53. The number of hydrogen-bond donors (Lipinski definition) is 1. The molecule has 10 heteroatoms. The molecule has 2 aliphatic carbocycles. The van der Waals surface area contributed by atoms with E-state index in [0.29, 0.717) is 22.6 Å². The molecule has 4 aliphatic rings. The predicted molar refractivity (Wildman–Crippen MR) is 135 cm³/mol. The summed E-state index contributed by atoms with van der Waals surface area (Å²) in [7, 11) is 1.33. The van der Waals surface area contributed by atoms with Gasteiger partial charge in [-0.15, -0.1) is 0 Å². The van der Waals surface area contributed by atoms with Crippen LogP contribution in [0.1, 0.15) is 40.4 Å². The van der Waals surface area contributed by atoms with Crippen LogP contribution in [0, 0.1) is 11.8 Å². The Kier molecular flexibility index (Phi) is 6.09. The van der Waals surface area contributed by atoms with Gasteiger partial charge in [0.25, 0.3) is 5.78 Å². The van der Waals surface area contributed by atoms with Gasteiger partial charge >= 0.3 is 11.9 Å². The van der Waals surface area contributed by atoms with E-state index in [-0.39, 0.29) is 37.7 Å². The molecule has 6 rings (SSSR count). The van der Waals surface area contributed by atoms with Gasteiger partial charge < -0.3 is 29.0 Å². The molecule has 200 valence electrons. The number of cyclic esters (lactones) is 1. The van der Waals surface area contributed by atoms with Crippen molar-refractivity contribution in [2.45, 2.75) is 18.9 Å². The molecule has 2 aromatic rings. The Balaban J connectivity index is 1.45. The van der Waals surface area contributed by atoms with Crippen LogP contribution in [0.2, 0.25) is 0 Å². The summed E-state index contributed by atoms with van der Waals surface area (Å²) in [6, 6.07) is 10.2. The van der Waals surface area contributed by atoms with E-state index in [1.807, 2.05) is 12.1 Å². The number of anilines is 1. The van der Waals surface area contributed by atoms with Gasteiger partial charge in [-0.3, -0.25) is 14.4 Å². The Morgan fingerprint density at radius 2 is 1.72 bits per heavy atom. The van der Waals surface area contributed by atoms with E-state index in [4.69, 9.17) is 23.7 Å².